The van der Waals surface area contributed by atoms with Gasteiger partial charge >= 0.3 is 0 Å². The lowest BCUT2D eigenvalue weighted by Crippen LogP contribution is -2.13. The zero-order valence-electron chi connectivity index (χ0n) is 10.9. The highest BCUT2D eigenvalue weighted by molar-refractivity contribution is 7.98. The molecule has 0 heterocycles. The molecule has 0 fully saturated rings. The predicted molar refractivity (Wildman–Crippen MR) is 76.9 cm³/mol. The van der Waals surface area contributed by atoms with Gasteiger partial charge in [-0.15, -0.1) is 0 Å². The van der Waals surface area contributed by atoms with Crippen molar-refractivity contribution < 1.29 is 4.74 Å². The first-order valence-electron chi connectivity index (χ1n) is 6.28. The molecule has 0 bridgehead atoms. The largest absolute Gasteiger partial charge is 0.494 e. The standard InChI is InChI=1S/C14H23NOS/c1-3-9-15-12-13-5-7-14(8-6-13)16-10-4-11-17-2/h5-8,15H,3-4,9-12H2,1-2H3. The van der Waals surface area contributed by atoms with Crippen LogP contribution in [0.1, 0.15) is 25.3 Å². The molecule has 1 aromatic carbocycles. The summed E-state index contributed by atoms with van der Waals surface area (Å²) in [5, 5.41) is 3.39. The topological polar surface area (TPSA) is 21.3 Å². The number of hydrogen-bond donors (Lipinski definition) is 1. The number of hydrogen-bond acceptors (Lipinski definition) is 3. The SMILES string of the molecule is CCCNCc1ccc(OCCCSC)cc1. The Hall–Kier alpha value is -0.670. The molecule has 0 spiro atoms. The summed E-state index contributed by atoms with van der Waals surface area (Å²) in [6, 6.07) is 8.38. The summed E-state index contributed by atoms with van der Waals surface area (Å²) in [5.41, 5.74) is 1.31. The van der Waals surface area contributed by atoms with Crippen molar-refractivity contribution in [2.24, 2.45) is 0 Å². The van der Waals surface area contributed by atoms with Gasteiger partial charge in [-0.25, -0.2) is 0 Å². The molecule has 2 nitrogen and oxygen atoms in total. The lowest BCUT2D eigenvalue weighted by Gasteiger charge is -2.07. The van der Waals surface area contributed by atoms with Crippen molar-refractivity contribution in [3.05, 3.63) is 29.8 Å². The third kappa shape index (κ3) is 6.59. The minimum Gasteiger partial charge on any atom is -0.494 e. The highest BCUT2D eigenvalue weighted by Crippen LogP contribution is 2.12. The quantitative estimate of drug-likeness (QED) is 0.682. The Balaban J connectivity index is 2.24. The van der Waals surface area contributed by atoms with Gasteiger partial charge in [-0.05, 0) is 49.1 Å². The van der Waals surface area contributed by atoms with E-state index < -0.39 is 0 Å². The second-order valence-corrected chi connectivity index (χ2v) is 5.00. The van der Waals surface area contributed by atoms with Crippen molar-refractivity contribution >= 4 is 11.8 Å². The number of benzene rings is 1. The van der Waals surface area contributed by atoms with Crippen molar-refractivity contribution in [3.63, 3.8) is 0 Å². The van der Waals surface area contributed by atoms with E-state index in [1.807, 2.05) is 11.8 Å². The Morgan fingerprint density at radius 3 is 2.65 bits per heavy atom. The van der Waals surface area contributed by atoms with Gasteiger partial charge in [-0.1, -0.05) is 19.1 Å². The molecule has 0 unspecified atom stereocenters. The first kappa shape index (κ1) is 14.4. The van der Waals surface area contributed by atoms with Crippen molar-refractivity contribution in [1.82, 2.24) is 5.32 Å². The maximum Gasteiger partial charge on any atom is 0.119 e. The monoisotopic (exact) mass is 253 g/mol. The molecule has 0 saturated heterocycles. The van der Waals surface area contributed by atoms with E-state index in [9.17, 15) is 0 Å². The van der Waals surface area contributed by atoms with E-state index >= 15 is 0 Å². The van der Waals surface area contributed by atoms with E-state index in [-0.39, 0.29) is 0 Å². The molecule has 0 saturated carbocycles. The van der Waals surface area contributed by atoms with Gasteiger partial charge < -0.3 is 10.1 Å². The number of rotatable bonds is 9. The van der Waals surface area contributed by atoms with Crippen LogP contribution in [0.5, 0.6) is 5.75 Å². The zero-order valence-corrected chi connectivity index (χ0v) is 11.7. The van der Waals surface area contributed by atoms with Gasteiger partial charge in [0.15, 0.2) is 0 Å². The van der Waals surface area contributed by atoms with Gasteiger partial charge in [0.05, 0.1) is 6.61 Å². The molecule has 96 valence electrons. The molecule has 3 heteroatoms. The van der Waals surface area contributed by atoms with Crippen molar-refractivity contribution in [2.75, 3.05) is 25.2 Å². The normalized spacial score (nSPS) is 10.5. The molecule has 0 aliphatic heterocycles. The van der Waals surface area contributed by atoms with E-state index in [4.69, 9.17) is 4.74 Å². The van der Waals surface area contributed by atoms with Gasteiger partial charge in [-0.2, -0.15) is 11.8 Å². The summed E-state index contributed by atoms with van der Waals surface area (Å²) in [7, 11) is 0. The fourth-order valence-corrected chi connectivity index (χ4v) is 1.91. The minimum absolute atomic E-state index is 0.814. The maximum absolute atomic E-state index is 5.65. The molecular formula is C14H23NOS. The Kier molecular flexibility index (Phi) is 7.93. The third-order valence-corrected chi connectivity index (χ3v) is 3.14. The fourth-order valence-electron chi connectivity index (χ4n) is 1.51. The summed E-state index contributed by atoms with van der Waals surface area (Å²) >= 11 is 1.86. The Morgan fingerprint density at radius 1 is 1.24 bits per heavy atom. The van der Waals surface area contributed by atoms with Gasteiger partial charge in [0.25, 0.3) is 0 Å². The number of nitrogens with one attached hydrogen (secondary N) is 1. The van der Waals surface area contributed by atoms with Crippen LogP contribution in [-0.4, -0.2) is 25.2 Å². The number of ether oxygens (including phenoxy) is 1. The van der Waals surface area contributed by atoms with Gasteiger partial charge in [-0.3, -0.25) is 0 Å². The lowest BCUT2D eigenvalue weighted by atomic mass is 10.2. The first-order chi connectivity index (χ1) is 8.36. The summed E-state index contributed by atoms with van der Waals surface area (Å²) in [6.07, 6.45) is 4.41. The van der Waals surface area contributed by atoms with Crippen LogP contribution in [0.2, 0.25) is 0 Å². The average molecular weight is 253 g/mol. The van der Waals surface area contributed by atoms with E-state index in [0.29, 0.717) is 0 Å². The number of thioether (sulfide) groups is 1. The smallest absolute Gasteiger partial charge is 0.119 e. The molecular weight excluding hydrogens is 230 g/mol. The molecule has 1 rings (SSSR count). The van der Waals surface area contributed by atoms with Crippen LogP contribution >= 0.6 is 11.8 Å². The van der Waals surface area contributed by atoms with Crippen LogP contribution in [0.15, 0.2) is 24.3 Å². The average Bonchev–Trinajstić information content (AvgIpc) is 2.37. The molecule has 0 radical (unpaired) electrons. The van der Waals surface area contributed by atoms with Crippen LogP contribution in [0.3, 0.4) is 0 Å². The van der Waals surface area contributed by atoms with Crippen LogP contribution in [0, 0.1) is 0 Å². The molecule has 1 aromatic rings. The van der Waals surface area contributed by atoms with Crippen molar-refractivity contribution in [3.8, 4) is 5.75 Å². The van der Waals surface area contributed by atoms with Gasteiger partial charge in [0.1, 0.15) is 5.75 Å². The molecule has 0 aromatic heterocycles. The Labute approximate surface area is 109 Å². The first-order valence-corrected chi connectivity index (χ1v) is 7.67. The summed E-state index contributed by atoms with van der Waals surface area (Å²) < 4.78 is 5.65. The van der Waals surface area contributed by atoms with E-state index in [0.717, 1.165) is 31.9 Å². The summed E-state index contributed by atoms with van der Waals surface area (Å²) in [6.45, 7) is 5.01. The molecule has 0 amide bonds. The predicted octanol–water partition coefficient (Wildman–Crippen LogP) is 3.32. The Morgan fingerprint density at radius 2 is 2.00 bits per heavy atom. The van der Waals surface area contributed by atoms with Crippen LogP contribution in [0.4, 0.5) is 0 Å². The summed E-state index contributed by atoms with van der Waals surface area (Å²) in [4.78, 5) is 0. The maximum atomic E-state index is 5.65. The molecule has 1 N–H and O–H groups in total. The van der Waals surface area contributed by atoms with Crippen LogP contribution < -0.4 is 10.1 Å². The molecule has 0 aliphatic carbocycles. The van der Waals surface area contributed by atoms with Gasteiger partial charge in [0.2, 0.25) is 0 Å². The molecule has 17 heavy (non-hydrogen) atoms. The molecule has 0 aliphatic rings. The highest BCUT2D eigenvalue weighted by Gasteiger charge is 1.95. The second kappa shape index (κ2) is 9.37. The van der Waals surface area contributed by atoms with Crippen molar-refractivity contribution in [2.45, 2.75) is 26.3 Å². The second-order valence-electron chi connectivity index (χ2n) is 4.02. The fraction of sp³-hybridized carbons (Fsp3) is 0.571. The van der Waals surface area contributed by atoms with Crippen LogP contribution in [-0.2, 0) is 6.54 Å². The van der Waals surface area contributed by atoms with E-state index in [2.05, 4.69) is 42.8 Å². The van der Waals surface area contributed by atoms with E-state index in [1.165, 1.54) is 17.7 Å². The Bertz CT molecular complexity index is 287. The third-order valence-electron chi connectivity index (χ3n) is 2.44. The summed E-state index contributed by atoms with van der Waals surface area (Å²) in [5.74, 6) is 2.14. The van der Waals surface area contributed by atoms with Gasteiger partial charge in [0, 0.05) is 6.54 Å². The minimum atomic E-state index is 0.814. The van der Waals surface area contributed by atoms with E-state index in [1.54, 1.807) is 0 Å². The van der Waals surface area contributed by atoms with Crippen molar-refractivity contribution in [1.29, 1.82) is 0 Å². The molecule has 0 atom stereocenters. The highest BCUT2D eigenvalue weighted by atomic mass is 32.2. The lowest BCUT2D eigenvalue weighted by molar-refractivity contribution is 0.318. The zero-order chi connectivity index (χ0) is 12.3. The van der Waals surface area contributed by atoms with Crippen LogP contribution in [0.25, 0.3) is 0 Å².